The summed E-state index contributed by atoms with van der Waals surface area (Å²) in [5.41, 5.74) is 4.57. The third-order valence-electron chi connectivity index (χ3n) is 5.90. The summed E-state index contributed by atoms with van der Waals surface area (Å²) in [5, 5.41) is 2.77. The zero-order valence-electron chi connectivity index (χ0n) is 16.0. The molecule has 1 fully saturated rings. The number of benzene rings is 2. The zero-order valence-corrected chi connectivity index (χ0v) is 16.0. The first-order valence-corrected chi connectivity index (χ1v) is 10.1. The summed E-state index contributed by atoms with van der Waals surface area (Å²) in [6.45, 7) is 2.70. The number of fused-ring (bicyclic) bond motifs is 2. The smallest absolute Gasteiger partial charge is 0.260 e. The van der Waals surface area contributed by atoms with Crippen molar-refractivity contribution < 1.29 is 18.3 Å². The van der Waals surface area contributed by atoms with E-state index in [9.17, 15) is 13.6 Å². The van der Waals surface area contributed by atoms with E-state index in [-0.39, 0.29) is 11.7 Å². The number of nitrogens with one attached hydrogen (secondary N) is 1. The number of nitrogens with zero attached hydrogens (tertiary/aromatic N) is 1. The number of carbonyl (C=O) groups excluding carboxylic acids is 1. The van der Waals surface area contributed by atoms with Crippen LogP contribution in [0, 0.1) is 5.82 Å². The Labute approximate surface area is 168 Å². The van der Waals surface area contributed by atoms with Crippen LogP contribution in [0.25, 0.3) is 11.3 Å². The lowest BCUT2D eigenvalue weighted by Crippen LogP contribution is -2.37. The number of alkyl halides is 1. The molecular weight excluding hydrogens is 374 g/mol. The van der Waals surface area contributed by atoms with Crippen molar-refractivity contribution >= 4 is 22.9 Å². The van der Waals surface area contributed by atoms with Crippen LogP contribution in [-0.4, -0.2) is 36.6 Å². The molecule has 0 radical (unpaired) electrons. The van der Waals surface area contributed by atoms with Gasteiger partial charge in [-0.25, -0.2) is 8.78 Å². The van der Waals surface area contributed by atoms with Crippen LogP contribution in [0.15, 0.2) is 36.4 Å². The summed E-state index contributed by atoms with van der Waals surface area (Å²) >= 11 is 0. The molecule has 1 amide bonds. The van der Waals surface area contributed by atoms with Crippen molar-refractivity contribution in [3.05, 3.63) is 64.5 Å². The highest BCUT2D eigenvalue weighted by Crippen LogP contribution is 2.41. The third-order valence-corrected chi connectivity index (χ3v) is 5.90. The maximum atomic E-state index is 13.7. The van der Waals surface area contributed by atoms with Crippen LogP contribution in [0.1, 0.15) is 35.1 Å². The molecule has 2 aromatic carbocycles. The van der Waals surface area contributed by atoms with Crippen LogP contribution in [0.3, 0.4) is 0 Å². The van der Waals surface area contributed by atoms with E-state index in [1.807, 2.05) is 12.1 Å². The molecule has 2 aromatic rings. The Morgan fingerprint density at radius 1 is 1.17 bits per heavy atom. The Morgan fingerprint density at radius 3 is 2.93 bits per heavy atom. The molecule has 1 atom stereocenters. The van der Waals surface area contributed by atoms with Crippen LogP contribution in [-0.2, 0) is 22.6 Å². The van der Waals surface area contributed by atoms with E-state index in [4.69, 9.17) is 4.74 Å². The van der Waals surface area contributed by atoms with Gasteiger partial charge in [0.15, 0.2) is 0 Å². The normalized spacial score (nSPS) is 23.5. The topological polar surface area (TPSA) is 41.6 Å². The van der Waals surface area contributed by atoms with Gasteiger partial charge in [0.1, 0.15) is 24.4 Å². The quantitative estimate of drug-likeness (QED) is 0.793. The van der Waals surface area contributed by atoms with Gasteiger partial charge in [-0.15, -0.1) is 0 Å². The van der Waals surface area contributed by atoms with E-state index in [1.165, 1.54) is 17.7 Å². The Bertz CT molecular complexity index is 1020. The number of piperidine rings is 1. The second kappa shape index (κ2) is 7.26. The molecule has 1 N–H and O–H groups in total. The van der Waals surface area contributed by atoms with E-state index in [1.54, 1.807) is 6.07 Å². The summed E-state index contributed by atoms with van der Waals surface area (Å²) < 4.78 is 33.2. The average Bonchev–Trinajstić information content (AvgIpc) is 3.25. The van der Waals surface area contributed by atoms with E-state index in [0.717, 1.165) is 37.1 Å². The first kappa shape index (κ1) is 18.3. The first-order valence-electron chi connectivity index (χ1n) is 10.1. The van der Waals surface area contributed by atoms with Gasteiger partial charge in [-0.05, 0) is 49.6 Å². The van der Waals surface area contributed by atoms with Crippen molar-refractivity contribution in [1.29, 1.82) is 0 Å². The molecule has 150 valence electrons. The van der Waals surface area contributed by atoms with E-state index < -0.39 is 6.17 Å². The van der Waals surface area contributed by atoms with Crippen LogP contribution >= 0.6 is 0 Å². The van der Waals surface area contributed by atoms with Crippen LogP contribution in [0.5, 0.6) is 0 Å². The Balaban J connectivity index is 1.40. The second-order valence-electron chi connectivity index (χ2n) is 7.92. The number of hydrogen-bond acceptors (Lipinski definition) is 3. The molecule has 0 aromatic heterocycles. The predicted molar refractivity (Wildman–Crippen MR) is 107 cm³/mol. The number of halogens is 2. The van der Waals surface area contributed by atoms with Gasteiger partial charge < -0.3 is 15.0 Å². The van der Waals surface area contributed by atoms with Crippen LogP contribution in [0.2, 0.25) is 0 Å². The second-order valence-corrected chi connectivity index (χ2v) is 7.92. The molecule has 29 heavy (non-hydrogen) atoms. The predicted octanol–water partition coefficient (Wildman–Crippen LogP) is 4.15. The fourth-order valence-electron chi connectivity index (χ4n) is 4.43. The number of likely N-dealkylation sites (tertiary alicyclic amines) is 1. The fourth-order valence-corrected chi connectivity index (χ4v) is 4.43. The van der Waals surface area contributed by atoms with Crippen molar-refractivity contribution in [2.75, 3.05) is 25.0 Å². The highest BCUT2D eigenvalue weighted by molar-refractivity contribution is 6.36. The molecule has 6 heteroatoms. The first-order chi connectivity index (χ1) is 14.1. The minimum absolute atomic E-state index is 0.275. The summed E-state index contributed by atoms with van der Waals surface area (Å²) in [7, 11) is 0. The van der Waals surface area contributed by atoms with Gasteiger partial charge in [-0.2, -0.15) is 0 Å². The van der Waals surface area contributed by atoms with Gasteiger partial charge in [-0.1, -0.05) is 18.2 Å². The molecule has 0 saturated carbocycles. The summed E-state index contributed by atoms with van der Waals surface area (Å²) in [6.07, 6.45) is 1.72. The molecular formula is C23H22F2N2O2. The number of ether oxygens (including phenoxy) is 1. The van der Waals surface area contributed by atoms with E-state index >= 15 is 0 Å². The highest BCUT2D eigenvalue weighted by Gasteiger charge is 2.32. The molecule has 0 aliphatic carbocycles. The molecule has 0 spiro atoms. The van der Waals surface area contributed by atoms with Gasteiger partial charge in [0.2, 0.25) is 0 Å². The third kappa shape index (κ3) is 3.42. The number of rotatable bonds is 3. The van der Waals surface area contributed by atoms with Crippen molar-refractivity contribution in [3.63, 3.8) is 0 Å². The van der Waals surface area contributed by atoms with Crippen molar-refractivity contribution in [2.24, 2.45) is 0 Å². The summed E-state index contributed by atoms with van der Waals surface area (Å²) in [4.78, 5) is 14.7. The number of hydrogen-bond donors (Lipinski definition) is 1. The maximum Gasteiger partial charge on any atom is 0.260 e. The molecule has 4 nitrogen and oxygen atoms in total. The molecule has 1 unspecified atom stereocenters. The number of anilines is 1. The van der Waals surface area contributed by atoms with E-state index in [2.05, 4.69) is 16.3 Å². The van der Waals surface area contributed by atoms with Crippen molar-refractivity contribution in [3.8, 4) is 0 Å². The minimum Gasteiger partial charge on any atom is -0.487 e. The number of carbonyl (C=O) groups is 1. The molecule has 5 rings (SSSR count). The Kier molecular flexibility index (Phi) is 4.59. The monoisotopic (exact) mass is 396 g/mol. The summed E-state index contributed by atoms with van der Waals surface area (Å²) in [5.74, 6) is -0.159. The molecule has 3 aliphatic rings. The Hall–Kier alpha value is -2.73. The van der Waals surface area contributed by atoms with Crippen LogP contribution < -0.4 is 5.32 Å². The highest BCUT2D eigenvalue weighted by atomic mass is 19.1. The lowest BCUT2D eigenvalue weighted by molar-refractivity contribution is -0.110. The van der Waals surface area contributed by atoms with Crippen LogP contribution in [0.4, 0.5) is 14.5 Å². The zero-order chi connectivity index (χ0) is 20.0. The SMILES string of the molecule is O=C1Nc2ccc(F)cc2/C1=C1\OCc2cc(CCN3CCCC(F)C3)ccc21. The van der Waals surface area contributed by atoms with Gasteiger partial charge >= 0.3 is 0 Å². The van der Waals surface area contributed by atoms with Crippen molar-refractivity contribution in [1.82, 2.24) is 4.90 Å². The lowest BCUT2D eigenvalue weighted by Gasteiger charge is -2.28. The largest absolute Gasteiger partial charge is 0.487 e. The standard InChI is InChI=1S/C23H22F2N2O2/c24-16-4-6-20-19(11-16)21(23(28)26-20)22-18-5-3-14(10-15(18)13-29-22)7-9-27-8-1-2-17(25)12-27/h3-6,10-11,17H,1-2,7-9,12-13H2,(H,26,28)/b22-21+. The lowest BCUT2D eigenvalue weighted by atomic mass is 9.98. The van der Waals surface area contributed by atoms with Gasteiger partial charge in [0.25, 0.3) is 5.91 Å². The van der Waals surface area contributed by atoms with E-state index in [0.29, 0.717) is 42.2 Å². The van der Waals surface area contributed by atoms with Gasteiger partial charge in [0, 0.05) is 35.5 Å². The molecule has 3 aliphatic heterocycles. The van der Waals surface area contributed by atoms with Gasteiger partial charge in [-0.3, -0.25) is 4.79 Å². The molecule has 1 saturated heterocycles. The average molecular weight is 396 g/mol. The molecule has 0 bridgehead atoms. The maximum absolute atomic E-state index is 13.7. The number of amides is 1. The van der Waals surface area contributed by atoms with Gasteiger partial charge in [0.05, 0.1) is 5.57 Å². The Morgan fingerprint density at radius 2 is 2.07 bits per heavy atom. The molecule has 3 heterocycles. The summed E-state index contributed by atoms with van der Waals surface area (Å²) in [6, 6.07) is 10.4. The van der Waals surface area contributed by atoms with Crippen molar-refractivity contribution in [2.45, 2.75) is 32.0 Å². The fraction of sp³-hybridized carbons (Fsp3) is 0.348. The minimum atomic E-state index is -0.711.